The van der Waals surface area contributed by atoms with Crippen LogP contribution in [-0.2, 0) is 4.79 Å². The first kappa shape index (κ1) is 12.5. The quantitative estimate of drug-likeness (QED) is 0.628. The molecule has 3 N–H and O–H groups in total. The van der Waals surface area contributed by atoms with Crippen molar-refractivity contribution in [1.29, 1.82) is 0 Å². The standard InChI is InChI=1S/C12H21N3O2/c1-3-10-12(5-4-6-14(12)2)8-15(10)9(7-16)11(13)17/h3,9-10,16H,1,4-8H2,2H3,(H2,13,17)/t9-,10?,12?/m0/s1. The Bertz CT molecular complexity index is 334. The monoisotopic (exact) mass is 239 g/mol. The summed E-state index contributed by atoms with van der Waals surface area (Å²) in [4.78, 5) is 15.6. The van der Waals surface area contributed by atoms with E-state index in [1.165, 1.54) is 6.42 Å². The maximum Gasteiger partial charge on any atom is 0.237 e. The highest BCUT2D eigenvalue weighted by Gasteiger charge is 2.57. The lowest BCUT2D eigenvalue weighted by molar-refractivity contribution is -0.138. The van der Waals surface area contributed by atoms with Crippen LogP contribution in [0, 0.1) is 0 Å². The summed E-state index contributed by atoms with van der Waals surface area (Å²) < 4.78 is 0. The number of likely N-dealkylation sites (N-methyl/N-ethyl adjacent to an activating group) is 1. The van der Waals surface area contributed by atoms with Crippen LogP contribution in [0.2, 0.25) is 0 Å². The average Bonchev–Trinajstić information content (AvgIpc) is 2.62. The Hall–Kier alpha value is -0.910. The van der Waals surface area contributed by atoms with Gasteiger partial charge < -0.3 is 10.8 Å². The van der Waals surface area contributed by atoms with E-state index in [9.17, 15) is 9.90 Å². The summed E-state index contributed by atoms with van der Waals surface area (Å²) in [6.07, 6.45) is 4.17. The predicted octanol–water partition coefficient (Wildman–Crippen LogP) is -0.833. The number of primary amides is 1. The van der Waals surface area contributed by atoms with Crippen LogP contribution in [0.1, 0.15) is 12.8 Å². The van der Waals surface area contributed by atoms with Gasteiger partial charge in [0.15, 0.2) is 0 Å². The molecule has 2 saturated heterocycles. The smallest absolute Gasteiger partial charge is 0.237 e. The molecule has 0 aliphatic carbocycles. The van der Waals surface area contributed by atoms with Crippen molar-refractivity contribution >= 4 is 5.91 Å². The third-order valence-corrected chi connectivity index (χ3v) is 4.35. The molecule has 5 heteroatoms. The number of likely N-dealkylation sites (tertiary alicyclic amines) is 2. The molecule has 2 aliphatic heterocycles. The van der Waals surface area contributed by atoms with E-state index in [1.807, 2.05) is 11.0 Å². The van der Waals surface area contributed by atoms with E-state index in [0.717, 1.165) is 19.5 Å². The number of nitrogens with two attached hydrogens (primary N) is 1. The SMILES string of the molecule is C=CC1N([C@@H](CO)C(N)=O)CC12CCCN2C. The van der Waals surface area contributed by atoms with Crippen LogP contribution < -0.4 is 5.73 Å². The zero-order valence-corrected chi connectivity index (χ0v) is 10.3. The highest BCUT2D eigenvalue weighted by molar-refractivity contribution is 5.80. The molecule has 0 radical (unpaired) electrons. The van der Waals surface area contributed by atoms with Gasteiger partial charge in [0.1, 0.15) is 6.04 Å². The van der Waals surface area contributed by atoms with Gasteiger partial charge in [0.25, 0.3) is 0 Å². The molecule has 2 fully saturated rings. The van der Waals surface area contributed by atoms with Crippen LogP contribution in [0.5, 0.6) is 0 Å². The van der Waals surface area contributed by atoms with Crippen molar-refractivity contribution in [2.24, 2.45) is 5.73 Å². The molecule has 3 atom stereocenters. The first-order valence-electron chi connectivity index (χ1n) is 6.06. The van der Waals surface area contributed by atoms with E-state index in [2.05, 4.69) is 18.5 Å². The minimum atomic E-state index is -0.586. The van der Waals surface area contributed by atoms with Crippen molar-refractivity contribution in [1.82, 2.24) is 9.80 Å². The lowest BCUT2D eigenvalue weighted by Gasteiger charge is -2.59. The van der Waals surface area contributed by atoms with E-state index in [1.54, 1.807) is 0 Å². The predicted molar refractivity (Wildman–Crippen MR) is 65.4 cm³/mol. The molecule has 96 valence electrons. The fourth-order valence-corrected chi connectivity index (χ4v) is 3.33. The zero-order chi connectivity index (χ0) is 12.6. The molecule has 2 unspecified atom stereocenters. The third kappa shape index (κ3) is 1.69. The lowest BCUT2D eigenvalue weighted by Crippen LogP contribution is -2.76. The van der Waals surface area contributed by atoms with Gasteiger partial charge in [0.2, 0.25) is 5.91 Å². The molecular formula is C12H21N3O2. The number of hydrogen-bond acceptors (Lipinski definition) is 4. The fraction of sp³-hybridized carbons (Fsp3) is 0.750. The molecule has 0 bridgehead atoms. The topological polar surface area (TPSA) is 69.8 Å². The number of aliphatic hydroxyl groups is 1. The maximum atomic E-state index is 11.3. The van der Waals surface area contributed by atoms with E-state index >= 15 is 0 Å². The molecule has 2 rings (SSSR count). The second kappa shape index (κ2) is 4.40. The highest BCUT2D eigenvalue weighted by atomic mass is 16.3. The van der Waals surface area contributed by atoms with Crippen molar-refractivity contribution in [3.8, 4) is 0 Å². The van der Waals surface area contributed by atoms with Crippen molar-refractivity contribution in [3.05, 3.63) is 12.7 Å². The molecule has 5 nitrogen and oxygen atoms in total. The zero-order valence-electron chi connectivity index (χ0n) is 10.3. The lowest BCUT2D eigenvalue weighted by atomic mass is 9.76. The minimum absolute atomic E-state index is 0.102. The van der Waals surface area contributed by atoms with Crippen LogP contribution in [0.3, 0.4) is 0 Å². The van der Waals surface area contributed by atoms with E-state index in [-0.39, 0.29) is 18.2 Å². The highest BCUT2D eigenvalue weighted by Crippen LogP contribution is 2.43. The van der Waals surface area contributed by atoms with Gasteiger partial charge in [-0.25, -0.2) is 0 Å². The van der Waals surface area contributed by atoms with Crippen molar-refractivity contribution < 1.29 is 9.90 Å². The summed E-state index contributed by atoms with van der Waals surface area (Å²) in [5.41, 5.74) is 5.41. The molecule has 0 aromatic heterocycles. The van der Waals surface area contributed by atoms with Gasteiger partial charge in [-0.3, -0.25) is 14.6 Å². The average molecular weight is 239 g/mol. The second-order valence-electron chi connectivity index (χ2n) is 5.08. The molecule has 17 heavy (non-hydrogen) atoms. The van der Waals surface area contributed by atoms with Crippen molar-refractivity contribution in [2.45, 2.75) is 30.5 Å². The summed E-state index contributed by atoms with van der Waals surface area (Å²) in [6, 6.07) is -0.475. The Kier molecular flexibility index (Phi) is 3.25. The van der Waals surface area contributed by atoms with Gasteiger partial charge in [-0.15, -0.1) is 6.58 Å². The van der Waals surface area contributed by atoms with Gasteiger partial charge >= 0.3 is 0 Å². The minimum Gasteiger partial charge on any atom is -0.394 e. The van der Waals surface area contributed by atoms with Gasteiger partial charge in [-0.05, 0) is 26.4 Å². The molecule has 2 heterocycles. The summed E-state index contributed by atoms with van der Waals surface area (Å²) in [6.45, 7) is 5.51. The van der Waals surface area contributed by atoms with Gasteiger partial charge in [0, 0.05) is 12.6 Å². The summed E-state index contributed by atoms with van der Waals surface area (Å²) in [7, 11) is 2.11. The number of aliphatic hydroxyl groups excluding tert-OH is 1. The Balaban J connectivity index is 2.15. The number of rotatable bonds is 4. The van der Waals surface area contributed by atoms with Crippen molar-refractivity contribution in [2.75, 3.05) is 26.7 Å². The molecule has 1 amide bonds. The summed E-state index contributed by atoms with van der Waals surface area (Å²) in [5, 5.41) is 9.25. The molecule has 1 spiro atoms. The van der Waals surface area contributed by atoms with E-state index in [4.69, 9.17) is 5.73 Å². The van der Waals surface area contributed by atoms with Gasteiger partial charge in [-0.2, -0.15) is 0 Å². The molecule has 2 aliphatic rings. The molecule has 0 saturated carbocycles. The van der Waals surface area contributed by atoms with E-state index < -0.39 is 11.9 Å². The van der Waals surface area contributed by atoms with Crippen LogP contribution in [0.15, 0.2) is 12.7 Å². The van der Waals surface area contributed by atoms with Crippen LogP contribution in [0.25, 0.3) is 0 Å². The molecule has 0 aromatic rings. The fourth-order valence-electron chi connectivity index (χ4n) is 3.33. The van der Waals surface area contributed by atoms with Crippen molar-refractivity contribution in [3.63, 3.8) is 0 Å². The number of carbonyl (C=O) groups is 1. The van der Waals surface area contributed by atoms with Gasteiger partial charge in [0.05, 0.1) is 12.1 Å². The Morgan fingerprint density at radius 3 is 2.88 bits per heavy atom. The van der Waals surface area contributed by atoms with Crippen LogP contribution in [-0.4, -0.2) is 65.2 Å². The second-order valence-corrected chi connectivity index (χ2v) is 5.08. The largest absolute Gasteiger partial charge is 0.394 e. The molecule has 0 aromatic carbocycles. The first-order valence-corrected chi connectivity index (χ1v) is 6.06. The number of hydrogen-bond donors (Lipinski definition) is 2. The first-order chi connectivity index (χ1) is 8.06. The number of nitrogens with zero attached hydrogens (tertiary/aromatic N) is 2. The number of carbonyl (C=O) groups excluding carboxylic acids is 1. The summed E-state index contributed by atoms with van der Waals surface area (Å²) in [5.74, 6) is -0.463. The van der Waals surface area contributed by atoms with E-state index in [0.29, 0.717) is 0 Å². The van der Waals surface area contributed by atoms with Crippen LogP contribution >= 0.6 is 0 Å². The maximum absolute atomic E-state index is 11.3. The summed E-state index contributed by atoms with van der Waals surface area (Å²) >= 11 is 0. The normalized spacial score (nSPS) is 35.8. The Morgan fingerprint density at radius 1 is 1.76 bits per heavy atom. The Morgan fingerprint density at radius 2 is 2.47 bits per heavy atom. The molecular weight excluding hydrogens is 218 g/mol. The van der Waals surface area contributed by atoms with Gasteiger partial charge in [-0.1, -0.05) is 6.08 Å². The van der Waals surface area contributed by atoms with Crippen LogP contribution in [0.4, 0.5) is 0 Å². The Labute approximate surface area is 102 Å². The number of amides is 1. The third-order valence-electron chi connectivity index (χ3n) is 4.35.